The van der Waals surface area contributed by atoms with E-state index in [0.717, 1.165) is 0 Å². The Kier molecular flexibility index (Phi) is 2.05. The first-order valence-corrected chi connectivity index (χ1v) is 7.07. The van der Waals surface area contributed by atoms with Crippen molar-refractivity contribution in [1.82, 2.24) is 0 Å². The van der Waals surface area contributed by atoms with Crippen LogP contribution in [-0.2, 0) is 9.16 Å². The van der Waals surface area contributed by atoms with Gasteiger partial charge in [0.05, 0.1) is 13.2 Å². The molecule has 1 fully saturated rings. The molecule has 1 aliphatic heterocycles. The SMILES string of the molecule is C[Si](C)(C)OC1(C#N)COC1. The van der Waals surface area contributed by atoms with E-state index in [1.54, 1.807) is 0 Å². The molecule has 0 N–H and O–H groups in total. The molecule has 4 heteroatoms. The van der Waals surface area contributed by atoms with Gasteiger partial charge < -0.3 is 9.16 Å². The maximum Gasteiger partial charge on any atom is 0.191 e. The minimum atomic E-state index is -1.59. The quantitative estimate of drug-likeness (QED) is 0.585. The van der Waals surface area contributed by atoms with Gasteiger partial charge in [-0.2, -0.15) is 5.26 Å². The summed E-state index contributed by atoms with van der Waals surface area (Å²) in [6.07, 6.45) is 0. The van der Waals surface area contributed by atoms with E-state index >= 15 is 0 Å². The second kappa shape index (κ2) is 2.59. The highest BCUT2D eigenvalue weighted by atomic mass is 28.4. The van der Waals surface area contributed by atoms with Gasteiger partial charge in [0.1, 0.15) is 6.07 Å². The van der Waals surface area contributed by atoms with Gasteiger partial charge in [-0.15, -0.1) is 0 Å². The van der Waals surface area contributed by atoms with Crippen molar-refractivity contribution in [2.45, 2.75) is 25.2 Å². The molecule has 0 aromatic heterocycles. The van der Waals surface area contributed by atoms with Gasteiger partial charge >= 0.3 is 0 Å². The molecule has 0 aromatic rings. The largest absolute Gasteiger partial charge is 0.396 e. The molecule has 3 nitrogen and oxygen atoms in total. The topological polar surface area (TPSA) is 42.2 Å². The molecule has 0 amide bonds. The molecule has 0 atom stereocenters. The van der Waals surface area contributed by atoms with Crippen molar-refractivity contribution in [2.75, 3.05) is 13.2 Å². The van der Waals surface area contributed by atoms with E-state index in [-0.39, 0.29) is 0 Å². The summed E-state index contributed by atoms with van der Waals surface area (Å²) in [5.41, 5.74) is -0.607. The third kappa shape index (κ3) is 2.03. The van der Waals surface area contributed by atoms with Crippen LogP contribution in [0.15, 0.2) is 0 Å². The van der Waals surface area contributed by atoms with Gasteiger partial charge in [0.25, 0.3) is 0 Å². The van der Waals surface area contributed by atoms with Crippen molar-refractivity contribution in [3.05, 3.63) is 0 Å². The van der Waals surface area contributed by atoms with Crippen molar-refractivity contribution in [3.63, 3.8) is 0 Å². The minimum Gasteiger partial charge on any atom is -0.396 e. The van der Waals surface area contributed by atoms with Gasteiger partial charge in [-0.25, -0.2) is 0 Å². The van der Waals surface area contributed by atoms with Gasteiger partial charge in [0.15, 0.2) is 13.9 Å². The zero-order valence-electron chi connectivity index (χ0n) is 7.18. The number of ether oxygens (including phenoxy) is 1. The summed E-state index contributed by atoms with van der Waals surface area (Å²) in [5.74, 6) is 0. The van der Waals surface area contributed by atoms with Crippen molar-refractivity contribution < 1.29 is 9.16 Å². The van der Waals surface area contributed by atoms with Crippen LogP contribution in [0.5, 0.6) is 0 Å². The molecule has 1 saturated heterocycles. The average molecular weight is 171 g/mol. The summed E-state index contributed by atoms with van der Waals surface area (Å²) in [5, 5.41) is 8.77. The zero-order chi connectivity index (χ0) is 8.54. The number of nitrogens with zero attached hydrogens (tertiary/aromatic N) is 1. The monoisotopic (exact) mass is 171 g/mol. The van der Waals surface area contributed by atoms with Crippen molar-refractivity contribution in [2.24, 2.45) is 0 Å². The molecule has 0 aliphatic carbocycles. The number of nitriles is 1. The van der Waals surface area contributed by atoms with Crippen LogP contribution < -0.4 is 0 Å². The van der Waals surface area contributed by atoms with E-state index in [4.69, 9.17) is 14.4 Å². The van der Waals surface area contributed by atoms with Crippen molar-refractivity contribution >= 4 is 8.32 Å². The highest BCUT2D eigenvalue weighted by molar-refractivity contribution is 6.69. The summed E-state index contributed by atoms with van der Waals surface area (Å²) < 4.78 is 10.6. The maximum atomic E-state index is 8.77. The lowest BCUT2D eigenvalue weighted by molar-refractivity contribution is -0.131. The van der Waals surface area contributed by atoms with Crippen LogP contribution in [0.1, 0.15) is 0 Å². The predicted molar refractivity (Wildman–Crippen MR) is 43.6 cm³/mol. The van der Waals surface area contributed by atoms with E-state index in [0.29, 0.717) is 13.2 Å². The Morgan fingerprint density at radius 2 is 2.00 bits per heavy atom. The second-order valence-corrected chi connectivity index (χ2v) is 8.24. The smallest absolute Gasteiger partial charge is 0.191 e. The molecular weight excluding hydrogens is 158 g/mol. The Labute approximate surface area is 68.0 Å². The van der Waals surface area contributed by atoms with Crippen LogP contribution in [0.2, 0.25) is 19.6 Å². The fraction of sp³-hybridized carbons (Fsp3) is 0.857. The van der Waals surface area contributed by atoms with Crippen LogP contribution in [-0.4, -0.2) is 27.1 Å². The molecule has 0 saturated carbocycles. The number of hydrogen-bond donors (Lipinski definition) is 0. The second-order valence-electron chi connectivity index (χ2n) is 3.81. The Bertz CT molecular complexity index is 188. The highest BCUT2D eigenvalue weighted by Gasteiger charge is 2.43. The molecule has 0 bridgehead atoms. The van der Waals surface area contributed by atoms with Gasteiger partial charge in [0, 0.05) is 0 Å². The molecule has 0 aromatic carbocycles. The highest BCUT2D eigenvalue weighted by Crippen LogP contribution is 2.25. The first-order valence-electron chi connectivity index (χ1n) is 3.67. The summed E-state index contributed by atoms with van der Waals surface area (Å²) in [6, 6.07) is 2.16. The fourth-order valence-electron chi connectivity index (χ4n) is 1.02. The molecule has 1 aliphatic rings. The molecule has 62 valence electrons. The molecule has 11 heavy (non-hydrogen) atoms. The third-order valence-electron chi connectivity index (χ3n) is 1.38. The Morgan fingerprint density at radius 1 is 1.45 bits per heavy atom. The van der Waals surface area contributed by atoms with Crippen molar-refractivity contribution in [3.8, 4) is 6.07 Å². The van der Waals surface area contributed by atoms with E-state index in [1.165, 1.54) is 0 Å². The minimum absolute atomic E-state index is 0.438. The normalized spacial score (nSPS) is 22.0. The van der Waals surface area contributed by atoms with Crippen LogP contribution in [0.3, 0.4) is 0 Å². The van der Waals surface area contributed by atoms with Gasteiger partial charge in [-0.1, -0.05) is 0 Å². The standard InChI is InChI=1S/C7H13NO2Si/c1-11(2,3)10-7(4-8)5-9-6-7/h5-6H2,1-3H3. The number of rotatable bonds is 2. The summed E-state index contributed by atoms with van der Waals surface area (Å²) >= 11 is 0. The number of hydrogen-bond acceptors (Lipinski definition) is 3. The lowest BCUT2D eigenvalue weighted by Gasteiger charge is -2.39. The Hall–Kier alpha value is -0.373. The summed E-state index contributed by atoms with van der Waals surface area (Å²) in [7, 11) is -1.59. The first kappa shape index (κ1) is 8.72. The van der Waals surface area contributed by atoms with E-state index in [9.17, 15) is 0 Å². The lowest BCUT2D eigenvalue weighted by atomic mass is 10.1. The zero-order valence-corrected chi connectivity index (χ0v) is 8.18. The van der Waals surface area contributed by atoms with E-state index in [2.05, 4.69) is 25.7 Å². The predicted octanol–water partition coefficient (Wildman–Crippen LogP) is 1.13. The van der Waals surface area contributed by atoms with Crippen LogP contribution >= 0.6 is 0 Å². The van der Waals surface area contributed by atoms with E-state index in [1.807, 2.05) is 0 Å². The molecule has 1 rings (SSSR count). The van der Waals surface area contributed by atoms with Gasteiger partial charge in [-0.3, -0.25) is 0 Å². The maximum absolute atomic E-state index is 8.77. The molecule has 0 spiro atoms. The van der Waals surface area contributed by atoms with E-state index < -0.39 is 13.9 Å². The van der Waals surface area contributed by atoms with Crippen LogP contribution in [0.4, 0.5) is 0 Å². The van der Waals surface area contributed by atoms with Gasteiger partial charge in [-0.05, 0) is 19.6 Å². The fourth-order valence-corrected chi connectivity index (χ4v) is 2.36. The van der Waals surface area contributed by atoms with Gasteiger partial charge in [0.2, 0.25) is 0 Å². The average Bonchev–Trinajstić information content (AvgIpc) is 1.77. The third-order valence-corrected chi connectivity index (χ3v) is 2.38. The summed E-state index contributed by atoms with van der Waals surface area (Å²) in [4.78, 5) is 0. The molecular formula is C7H13NO2Si. The van der Waals surface area contributed by atoms with Crippen molar-refractivity contribution in [1.29, 1.82) is 5.26 Å². The van der Waals surface area contributed by atoms with Crippen LogP contribution in [0.25, 0.3) is 0 Å². The lowest BCUT2D eigenvalue weighted by Crippen LogP contribution is -2.55. The Balaban J connectivity index is 2.54. The Morgan fingerprint density at radius 3 is 2.09 bits per heavy atom. The molecule has 0 unspecified atom stereocenters. The van der Waals surface area contributed by atoms with Crippen LogP contribution in [0, 0.1) is 11.3 Å². The first-order chi connectivity index (χ1) is 4.97. The summed E-state index contributed by atoms with van der Waals surface area (Å²) in [6.45, 7) is 7.10. The molecule has 1 heterocycles. The molecule has 0 radical (unpaired) electrons.